The van der Waals surface area contributed by atoms with Crippen LogP contribution in [0.25, 0.3) is 0 Å². The van der Waals surface area contributed by atoms with Crippen LogP contribution >= 0.6 is 0 Å². The van der Waals surface area contributed by atoms with Crippen molar-refractivity contribution < 1.29 is 24.5 Å². The predicted molar refractivity (Wildman–Crippen MR) is 45.6 cm³/mol. The number of carboxylic acids is 1. The highest BCUT2D eigenvalue weighted by Crippen LogP contribution is 2.21. The van der Waals surface area contributed by atoms with E-state index in [1.165, 1.54) is 6.92 Å². The number of amides is 1. The minimum atomic E-state index is -1.11. The summed E-state index contributed by atoms with van der Waals surface area (Å²) < 4.78 is 4.96. The second-order valence-corrected chi connectivity index (χ2v) is 3.25. The van der Waals surface area contributed by atoms with Gasteiger partial charge in [-0.15, -0.1) is 0 Å². The Kier molecular flexibility index (Phi) is 3.43. The number of rotatable bonds is 3. The quantitative estimate of drug-likeness (QED) is 0.523. The number of nitrogens with one attached hydrogen (secondary N) is 1. The summed E-state index contributed by atoms with van der Waals surface area (Å²) in [6.07, 6.45) is -1.03. The van der Waals surface area contributed by atoms with Crippen LogP contribution in [-0.2, 0) is 14.3 Å². The molecule has 6 heteroatoms. The van der Waals surface area contributed by atoms with Crippen LogP contribution in [0.15, 0.2) is 0 Å². The molecule has 3 N–H and O–H groups in total. The van der Waals surface area contributed by atoms with E-state index in [-0.39, 0.29) is 19.1 Å². The Hall–Kier alpha value is -1.14. The summed E-state index contributed by atoms with van der Waals surface area (Å²) in [5.74, 6) is -1.95. The van der Waals surface area contributed by atoms with Crippen LogP contribution < -0.4 is 5.32 Å². The van der Waals surface area contributed by atoms with E-state index < -0.39 is 24.0 Å². The van der Waals surface area contributed by atoms with Crippen LogP contribution in [0.4, 0.5) is 0 Å². The molecule has 14 heavy (non-hydrogen) atoms. The number of ether oxygens (including phenoxy) is 1. The topological polar surface area (TPSA) is 95.9 Å². The monoisotopic (exact) mass is 203 g/mol. The number of carboxylic acid groups (broad SMARTS) is 1. The molecule has 1 aliphatic heterocycles. The van der Waals surface area contributed by atoms with Gasteiger partial charge in [0.2, 0.25) is 5.91 Å². The molecule has 1 saturated heterocycles. The van der Waals surface area contributed by atoms with Gasteiger partial charge < -0.3 is 20.3 Å². The lowest BCUT2D eigenvalue weighted by atomic mass is 9.98. The van der Waals surface area contributed by atoms with E-state index >= 15 is 0 Å². The maximum Gasteiger partial charge on any atom is 0.333 e. The molecule has 6 nitrogen and oxygen atoms in total. The van der Waals surface area contributed by atoms with Gasteiger partial charge in [-0.1, -0.05) is 0 Å². The fraction of sp³-hybridized carbons (Fsp3) is 0.750. The zero-order valence-electron chi connectivity index (χ0n) is 7.77. The third-order valence-corrected chi connectivity index (χ3v) is 2.20. The van der Waals surface area contributed by atoms with Gasteiger partial charge in [-0.25, -0.2) is 4.79 Å². The first kappa shape index (κ1) is 10.9. The fourth-order valence-electron chi connectivity index (χ4n) is 1.55. The van der Waals surface area contributed by atoms with Crippen molar-refractivity contribution in [3.63, 3.8) is 0 Å². The Morgan fingerprint density at radius 3 is 2.64 bits per heavy atom. The van der Waals surface area contributed by atoms with Crippen LogP contribution in [0, 0.1) is 5.92 Å². The SMILES string of the molecule is CC(=O)NC1CO[C@H](C(=O)O)C1CO. The zero-order valence-corrected chi connectivity index (χ0v) is 7.77. The van der Waals surface area contributed by atoms with Crippen molar-refractivity contribution in [3.8, 4) is 0 Å². The number of hydrogen-bond donors (Lipinski definition) is 3. The predicted octanol–water partition coefficient (Wildman–Crippen LogP) is -1.42. The normalized spacial score (nSPS) is 31.4. The first-order valence-corrected chi connectivity index (χ1v) is 4.28. The molecule has 2 unspecified atom stereocenters. The van der Waals surface area contributed by atoms with E-state index in [1.807, 2.05) is 0 Å². The lowest BCUT2D eigenvalue weighted by Crippen LogP contribution is -2.43. The van der Waals surface area contributed by atoms with Gasteiger partial charge >= 0.3 is 5.97 Å². The molecule has 1 fully saturated rings. The number of aliphatic hydroxyl groups is 1. The lowest BCUT2D eigenvalue weighted by molar-refractivity contribution is -0.149. The Morgan fingerprint density at radius 1 is 1.57 bits per heavy atom. The van der Waals surface area contributed by atoms with Crippen LogP contribution in [0.1, 0.15) is 6.92 Å². The van der Waals surface area contributed by atoms with Gasteiger partial charge in [-0.2, -0.15) is 0 Å². The van der Waals surface area contributed by atoms with Crippen LogP contribution in [-0.4, -0.2) is 47.4 Å². The molecule has 0 spiro atoms. The summed E-state index contributed by atoms with van der Waals surface area (Å²) in [6, 6.07) is -0.418. The van der Waals surface area contributed by atoms with Crippen LogP contribution in [0.2, 0.25) is 0 Å². The van der Waals surface area contributed by atoms with Crippen LogP contribution in [0.5, 0.6) is 0 Å². The van der Waals surface area contributed by atoms with Crippen LogP contribution in [0.3, 0.4) is 0 Å². The molecule has 1 aliphatic rings. The molecular formula is C8H13NO5. The molecule has 0 aromatic heterocycles. The van der Waals surface area contributed by atoms with Gasteiger partial charge in [0.05, 0.1) is 19.3 Å². The average Bonchev–Trinajstić information content (AvgIpc) is 2.46. The first-order chi connectivity index (χ1) is 6.56. The molecular weight excluding hydrogens is 190 g/mol. The van der Waals surface area contributed by atoms with Crippen molar-refractivity contribution in [1.82, 2.24) is 5.32 Å². The highest BCUT2D eigenvalue weighted by atomic mass is 16.5. The highest BCUT2D eigenvalue weighted by Gasteiger charge is 2.41. The smallest absolute Gasteiger partial charge is 0.333 e. The summed E-state index contributed by atoms with van der Waals surface area (Å²) >= 11 is 0. The summed E-state index contributed by atoms with van der Waals surface area (Å²) in [4.78, 5) is 21.4. The number of carbonyl (C=O) groups is 2. The molecule has 1 heterocycles. The van der Waals surface area contributed by atoms with E-state index in [9.17, 15) is 9.59 Å². The van der Waals surface area contributed by atoms with Crippen molar-refractivity contribution in [2.45, 2.75) is 19.1 Å². The Labute approximate surface area is 80.9 Å². The second-order valence-electron chi connectivity index (χ2n) is 3.25. The number of aliphatic carboxylic acids is 1. The number of carbonyl (C=O) groups excluding carboxylic acids is 1. The largest absolute Gasteiger partial charge is 0.479 e. The van der Waals surface area contributed by atoms with Crippen molar-refractivity contribution in [2.24, 2.45) is 5.92 Å². The van der Waals surface area contributed by atoms with Gasteiger partial charge in [0, 0.05) is 12.8 Å². The third-order valence-electron chi connectivity index (χ3n) is 2.20. The maximum absolute atomic E-state index is 10.7. The second kappa shape index (κ2) is 4.39. The fourth-order valence-corrected chi connectivity index (χ4v) is 1.55. The molecule has 1 rings (SSSR count). The first-order valence-electron chi connectivity index (χ1n) is 4.28. The van der Waals surface area contributed by atoms with E-state index in [1.54, 1.807) is 0 Å². The van der Waals surface area contributed by atoms with E-state index in [2.05, 4.69) is 5.32 Å². The summed E-state index contributed by atoms with van der Waals surface area (Å²) in [5.41, 5.74) is 0. The van der Waals surface area contributed by atoms with Gasteiger partial charge in [-0.05, 0) is 0 Å². The lowest BCUT2D eigenvalue weighted by Gasteiger charge is -2.18. The van der Waals surface area contributed by atoms with Crippen molar-refractivity contribution >= 4 is 11.9 Å². The van der Waals surface area contributed by atoms with Gasteiger partial charge in [0.25, 0.3) is 0 Å². The minimum absolute atomic E-state index is 0.127. The van der Waals surface area contributed by atoms with Gasteiger partial charge in [0.15, 0.2) is 6.10 Å². The summed E-state index contributed by atoms with van der Waals surface area (Å²) in [5, 5.41) is 20.2. The summed E-state index contributed by atoms with van der Waals surface area (Å²) in [6.45, 7) is 1.15. The Bertz CT molecular complexity index is 242. The molecule has 80 valence electrons. The van der Waals surface area contributed by atoms with Gasteiger partial charge in [0.1, 0.15) is 0 Å². The third kappa shape index (κ3) is 2.21. The standard InChI is InChI=1S/C8H13NO5/c1-4(11)9-6-3-14-7(8(12)13)5(6)2-10/h5-7,10H,2-3H2,1H3,(H,9,11)(H,12,13)/t5?,6?,7-/m0/s1. The Balaban J connectivity index is 2.63. The molecule has 3 atom stereocenters. The molecule has 0 aromatic carbocycles. The molecule has 1 amide bonds. The number of hydrogen-bond acceptors (Lipinski definition) is 4. The van der Waals surface area contributed by atoms with E-state index in [4.69, 9.17) is 14.9 Å². The molecule has 0 radical (unpaired) electrons. The molecule has 0 saturated carbocycles. The van der Waals surface area contributed by atoms with E-state index in [0.29, 0.717) is 0 Å². The Morgan fingerprint density at radius 2 is 2.21 bits per heavy atom. The highest BCUT2D eigenvalue weighted by molar-refractivity contribution is 5.75. The van der Waals surface area contributed by atoms with Crippen molar-refractivity contribution in [3.05, 3.63) is 0 Å². The van der Waals surface area contributed by atoms with Crippen molar-refractivity contribution in [2.75, 3.05) is 13.2 Å². The molecule has 0 aliphatic carbocycles. The van der Waals surface area contributed by atoms with Crippen molar-refractivity contribution in [1.29, 1.82) is 0 Å². The summed E-state index contributed by atoms with van der Waals surface area (Å²) in [7, 11) is 0. The van der Waals surface area contributed by atoms with Gasteiger partial charge in [-0.3, -0.25) is 4.79 Å². The van der Waals surface area contributed by atoms with E-state index in [0.717, 1.165) is 0 Å². The maximum atomic E-state index is 10.7. The molecule has 0 bridgehead atoms. The number of aliphatic hydroxyl groups excluding tert-OH is 1. The average molecular weight is 203 g/mol. The molecule has 0 aromatic rings. The minimum Gasteiger partial charge on any atom is -0.479 e. The zero-order chi connectivity index (χ0) is 10.7.